The van der Waals surface area contributed by atoms with Crippen LogP contribution in [0.15, 0.2) is 41.3 Å². The molecule has 3 rings (SSSR count). The van der Waals surface area contributed by atoms with Crippen molar-refractivity contribution in [2.24, 2.45) is 0 Å². The molecule has 2 aromatic rings. The Bertz CT molecular complexity index is 1070. The average Bonchev–Trinajstić information content (AvgIpc) is 2.99. The number of nitro groups is 1. The first-order valence-corrected chi connectivity index (χ1v) is 8.52. The number of nitrogens with one attached hydrogen (secondary N) is 1. The predicted molar refractivity (Wildman–Crippen MR) is 100.0 cm³/mol. The smallest absolute Gasteiger partial charge is 0.290 e. The number of carbonyl (C=O) groups excluding carboxylic acids is 2. The zero-order chi connectivity index (χ0) is 20.3. The largest absolute Gasteiger partial charge is 0.493 e. The molecule has 9 nitrogen and oxygen atoms in total. The van der Waals surface area contributed by atoms with E-state index >= 15 is 0 Å². The molecule has 140 valence electrons. The first kappa shape index (κ1) is 18.9. The summed E-state index contributed by atoms with van der Waals surface area (Å²) in [6.45, 7) is 0. The molecule has 2 amide bonds. The standard InChI is InChI=1S/C18H11N3O6S/c1-26-15-6-10(7-16-17(22)20-18(23)28-16)2-4-14(15)27-13-5-3-12(21(24)25)8-11(13)9-19/h2-8H,1H3,(H,20,22,23)/b16-7-. The summed E-state index contributed by atoms with van der Waals surface area (Å²) in [5.74, 6) is 0.244. The van der Waals surface area contributed by atoms with Crippen molar-refractivity contribution in [1.82, 2.24) is 5.32 Å². The van der Waals surface area contributed by atoms with Gasteiger partial charge in [0.05, 0.1) is 16.9 Å². The maximum atomic E-state index is 11.6. The minimum atomic E-state index is -0.602. The Labute approximate surface area is 162 Å². The third-order valence-corrected chi connectivity index (χ3v) is 4.45. The van der Waals surface area contributed by atoms with Crippen LogP contribution in [0.25, 0.3) is 6.08 Å². The normalized spacial score (nSPS) is 14.5. The molecule has 2 aromatic carbocycles. The van der Waals surface area contributed by atoms with Gasteiger partial charge in [0.15, 0.2) is 11.5 Å². The van der Waals surface area contributed by atoms with Crippen LogP contribution in [-0.4, -0.2) is 23.2 Å². The summed E-state index contributed by atoms with van der Waals surface area (Å²) in [6.07, 6.45) is 1.53. The van der Waals surface area contributed by atoms with Crippen molar-refractivity contribution in [3.63, 3.8) is 0 Å². The number of nitro benzene ring substituents is 1. The lowest BCUT2D eigenvalue weighted by atomic mass is 10.1. The number of amides is 2. The average molecular weight is 397 g/mol. The summed E-state index contributed by atoms with van der Waals surface area (Å²) in [5.41, 5.74) is 0.375. The maximum absolute atomic E-state index is 11.6. The molecule has 0 atom stereocenters. The number of nitriles is 1. The van der Waals surface area contributed by atoms with Gasteiger partial charge in [-0.2, -0.15) is 5.26 Å². The van der Waals surface area contributed by atoms with Gasteiger partial charge in [0.1, 0.15) is 17.4 Å². The summed E-state index contributed by atoms with van der Waals surface area (Å²) in [5, 5.41) is 21.8. The van der Waals surface area contributed by atoms with Gasteiger partial charge in [-0.05, 0) is 41.6 Å². The Morgan fingerprint density at radius 3 is 2.54 bits per heavy atom. The zero-order valence-electron chi connectivity index (χ0n) is 14.3. The van der Waals surface area contributed by atoms with E-state index < -0.39 is 16.1 Å². The molecular weight excluding hydrogens is 386 g/mol. The highest BCUT2D eigenvalue weighted by Crippen LogP contribution is 2.36. The summed E-state index contributed by atoms with van der Waals surface area (Å²) >= 11 is 0.796. The second kappa shape index (κ2) is 7.81. The topological polar surface area (TPSA) is 132 Å². The van der Waals surface area contributed by atoms with E-state index in [1.54, 1.807) is 18.2 Å². The molecule has 28 heavy (non-hydrogen) atoms. The molecule has 1 aliphatic heterocycles. The highest BCUT2D eigenvalue weighted by Gasteiger charge is 2.25. The van der Waals surface area contributed by atoms with Crippen LogP contribution in [-0.2, 0) is 4.79 Å². The van der Waals surface area contributed by atoms with Gasteiger partial charge in [0.25, 0.3) is 16.8 Å². The Kier molecular flexibility index (Phi) is 5.28. The Morgan fingerprint density at radius 1 is 1.18 bits per heavy atom. The number of hydrogen-bond donors (Lipinski definition) is 1. The van der Waals surface area contributed by atoms with E-state index in [9.17, 15) is 25.0 Å². The van der Waals surface area contributed by atoms with Gasteiger partial charge in [0, 0.05) is 12.1 Å². The van der Waals surface area contributed by atoms with E-state index in [1.165, 1.54) is 25.3 Å². The molecule has 1 fully saturated rings. The van der Waals surface area contributed by atoms with Gasteiger partial charge >= 0.3 is 0 Å². The van der Waals surface area contributed by atoms with Crippen LogP contribution < -0.4 is 14.8 Å². The van der Waals surface area contributed by atoms with Crippen LogP contribution in [0.5, 0.6) is 17.2 Å². The van der Waals surface area contributed by atoms with Crippen LogP contribution in [0.4, 0.5) is 10.5 Å². The second-order valence-electron chi connectivity index (χ2n) is 5.41. The highest BCUT2D eigenvalue weighted by atomic mass is 32.2. The van der Waals surface area contributed by atoms with Crippen molar-refractivity contribution in [1.29, 1.82) is 5.26 Å². The van der Waals surface area contributed by atoms with Gasteiger partial charge in [-0.15, -0.1) is 0 Å². The molecular formula is C18H11N3O6S. The Hall–Kier alpha value is -3.84. The van der Waals surface area contributed by atoms with Gasteiger partial charge in [-0.3, -0.25) is 25.0 Å². The van der Waals surface area contributed by atoms with Crippen molar-refractivity contribution < 1.29 is 24.0 Å². The van der Waals surface area contributed by atoms with Crippen LogP contribution in [0.3, 0.4) is 0 Å². The molecule has 0 radical (unpaired) electrons. The van der Waals surface area contributed by atoms with Gasteiger partial charge < -0.3 is 9.47 Å². The highest BCUT2D eigenvalue weighted by molar-refractivity contribution is 8.18. The molecule has 0 spiro atoms. The zero-order valence-corrected chi connectivity index (χ0v) is 15.1. The van der Waals surface area contributed by atoms with Crippen molar-refractivity contribution >= 4 is 34.7 Å². The van der Waals surface area contributed by atoms with Crippen LogP contribution in [0, 0.1) is 21.4 Å². The molecule has 0 saturated carbocycles. The van der Waals surface area contributed by atoms with Gasteiger partial charge in [0.2, 0.25) is 0 Å². The Morgan fingerprint density at radius 2 is 1.93 bits per heavy atom. The number of imide groups is 1. The molecule has 1 heterocycles. The molecule has 1 saturated heterocycles. The lowest BCUT2D eigenvalue weighted by Gasteiger charge is -2.12. The van der Waals surface area contributed by atoms with Gasteiger partial charge in [-0.25, -0.2) is 0 Å². The van der Waals surface area contributed by atoms with Crippen LogP contribution in [0.1, 0.15) is 11.1 Å². The fourth-order valence-corrected chi connectivity index (χ4v) is 3.04. The summed E-state index contributed by atoms with van der Waals surface area (Å²) in [4.78, 5) is 33.4. The van der Waals surface area contributed by atoms with Crippen LogP contribution >= 0.6 is 11.8 Å². The molecule has 1 N–H and O–H groups in total. The third kappa shape index (κ3) is 3.94. The van der Waals surface area contributed by atoms with Crippen molar-refractivity contribution in [2.75, 3.05) is 7.11 Å². The molecule has 0 aromatic heterocycles. The molecule has 1 aliphatic rings. The number of thioether (sulfide) groups is 1. The van der Waals surface area contributed by atoms with E-state index in [0.717, 1.165) is 17.8 Å². The number of benzene rings is 2. The molecule has 0 aliphatic carbocycles. The first-order chi connectivity index (χ1) is 13.4. The SMILES string of the molecule is COc1cc(/C=C2\SC(=O)NC2=O)ccc1Oc1ccc([N+](=O)[O-])cc1C#N. The van der Waals surface area contributed by atoms with E-state index in [2.05, 4.69) is 5.32 Å². The molecule has 0 bridgehead atoms. The van der Waals surface area contributed by atoms with Crippen LogP contribution in [0.2, 0.25) is 0 Å². The number of nitrogens with zero attached hydrogens (tertiary/aromatic N) is 2. The maximum Gasteiger partial charge on any atom is 0.290 e. The Balaban J connectivity index is 1.91. The fourth-order valence-electron chi connectivity index (χ4n) is 2.36. The summed E-state index contributed by atoms with van der Waals surface area (Å²) in [6, 6.07) is 10.3. The number of non-ortho nitro benzene ring substituents is 1. The molecule has 0 unspecified atom stereocenters. The van der Waals surface area contributed by atoms with E-state index in [4.69, 9.17) is 9.47 Å². The van der Waals surface area contributed by atoms with Crippen molar-refractivity contribution in [3.05, 3.63) is 62.5 Å². The molecule has 10 heteroatoms. The summed E-state index contributed by atoms with van der Waals surface area (Å²) < 4.78 is 11.0. The third-order valence-electron chi connectivity index (χ3n) is 3.64. The van der Waals surface area contributed by atoms with Crippen molar-refractivity contribution in [3.8, 4) is 23.3 Å². The minimum absolute atomic E-state index is 0.0000123. The minimum Gasteiger partial charge on any atom is -0.493 e. The van der Waals surface area contributed by atoms with E-state index in [1.807, 2.05) is 6.07 Å². The quantitative estimate of drug-likeness (QED) is 0.460. The fraction of sp³-hybridized carbons (Fsp3) is 0.0556. The lowest BCUT2D eigenvalue weighted by Crippen LogP contribution is -2.17. The predicted octanol–water partition coefficient (Wildman–Crippen LogP) is 3.59. The number of methoxy groups -OCH3 is 1. The van der Waals surface area contributed by atoms with E-state index in [-0.39, 0.29) is 27.7 Å². The number of hydrogen-bond acceptors (Lipinski definition) is 8. The number of ether oxygens (including phenoxy) is 2. The second-order valence-corrected chi connectivity index (χ2v) is 6.43. The summed E-state index contributed by atoms with van der Waals surface area (Å²) in [7, 11) is 1.42. The first-order valence-electron chi connectivity index (χ1n) is 7.70. The monoisotopic (exact) mass is 397 g/mol. The number of rotatable bonds is 5. The van der Waals surface area contributed by atoms with Crippen molar-refractivity contribution in [2.45, 2.75) is 0 Å². The lowest BCUT2D eigenvalue weighted by molar-refractivity contribution is -0.384. The van der Waals surface area contributed by atoms with Gasteiger partial charge in [-0.1, -0.05) is 6.07 Å². The van der Waals surface area contributed by atoms with E-state index in [0.29, 0.717) is 11.3 Å². The number of carbonyl (C=O) groups is 2.